The maximum atomic E-state index is 12.5. The Morgan fingerprint density at radius 3 is 2.32 bits per heavy atom. The number of nitrogens with one attached hydrogen (secondary N) is 1. The Morgan fingerprint density at radius 1 is 1.03 bits per heavy atom. The van der Waals surface area contributed by atoms with Gasteiger partial charge in [-0.2, -0.15) is 5.10 Å². The van der Waals surface area contributed by atoms with E-state index < -0.39 is 22.9 Å². The third kappa shape index (κ3) is 7.52. The van der Waals surface area contributed by atoms with Crippen molar-refractivity contribution < 1.29 is 33.5 Å². The second kappa shape index (κ2) is 12.7. The fourth-order valence-corrected chi connectivity index (χ4v) is 3.01. The van der Waals surface area contributed by atoms with E-state index in [0.717, 1.165) is 0 Å². The number of benzene rings is 3. The van der Waals surface area contributed by atoms with Crippen molar-refractivity contribution in [2.24, 2.45) is 5.10 Å². The van der Waals surface area contributed by atoms with Crippen LogP contribution < -0.4 is 24.4 Å². The molecule has 0 aromatic heterocycles. The van der Waals surface area contributed by atoms with E-state index >= 15 is 0 Å². The third-order valence-corrected chi connectivity index (χ3v) is 4.91. The summed E-state index contributed by atoms with van der Waals surface area (Å²) in [7, 11) is 1.54. The lowest BCUT2D eigenvalue weighted by atomic mass is 10.2. The fraction of sp³-hybridized carbons (Fsp3) is 0.192. The van der Waals surface area contributed by atoms with Crippen molar-refractivity contribution >= 4 is 23.8 Å². The van der Waals surface area contributed by atoms with Crippen LogP contribution in [-0.4, -0.2) is 42.8 Å². The number of non-ortho nitro benzene ring substituents is 1. The predicted octanol–water partition coefficient (Wildman–Crippen LogP) is 4.14. The summed E-state index contributed by atoms with van der Waals surface area (Å²) in [6.07, 6.45) is 0.492. The van der Waals surface area contributed by atoms with Crippen LogP contribution in [-0.2, 0) is 4.79 Å². The number of esters is 1. The van der Waals surface area contributed by atoms with Gasteiger partial charge in [-0.15, -0.1) is 0 Å². The van der Waals surface area contributed by atoms with Crippen LogP contribution in [0.4, 0.5) is 5.69 Å². The van der Waals surface area contributed by atoms with Gasteiger partial charge in [0.05, 0.1) is 30.4 Å². The molecular weight excluding hydrogens is 482 g/mol. The summed E-state index contributed by atoms with van der Waals surface area (Å²) in [6, 6.07) is 16.7. The number of hydrogen-bond donors (Lipinski definition) is 1. The molecule has 0 spiro atoms. The summed E-state index contributed by atoms with van der Waals surface area (Å²) >= 11 is 0. The number of nitrogens with zero attached hydrogens (tertiary/aromatic N) is 2. The minimum absolute atomic E-state index is 0.0815. The summed E-state index contributed by atoms with van der Waals surface area (Å²) in [5.74, 6) is 0.403. The molecule has 192 valence electrons. The average molecular weight is 507 g/mol. The Kier molecular flexibility index (Phi) is 9.14. The maximum Gasteiger partial charge on any atom is 0.343 e. The summed E-state index contributed by atoms with van der Waals surface area (Å²) in [6.45, 7) is 3.65. The standard InChI is InChI=1S/C26H25N3O8/c1-4-35-24-15-18(5-14-23(24)37-26(31)19-6-10-21(34-3)11-7-19)16-27-28-25(30)17(2)36-22-12-8-20(9-13-22)29(32)33/h5-17H,4H2,1-3H3,(H,28,30)/b27-16+. The lowest BCUT2D eigenvalue weighted by Gasteiger charge is -2.13. The molecule has 0 bridgehead atoms. The van der Waals surface area contributed by atoms with Gasteiger partial charge in [-0.1, -0.05) is 0 Å². The van der Waals surface area contributed by atoms with Crippen LogP contribution in [0.2, 0.25) is 0 Å². The Balaban J connectivity index is 1.60. The molecule has 0 aliphatic heterocycles. The van der Waals surface area contributed by atoms with Crippen molar-refractivity contribution in [2.45, 2.75) is 20.0 Å². The molecule has 0 aliphatic carbocycles. The number of carbonyl (C=O) groups excluding carboxylic acids is 2. The number of rotatable bonds is 11. The third-order valence-electron chi connectivity index (χ3n) is 4.91. The highest BCUT2D eigenvalue weighted by atomic mass is 16.6. The lowest BCUT2D eigenvalue weighted by molar-refractivity contribution is -0.384. The van der Waals surface area contributed by atoms with E-state index in [2.05, 4.69) is 10.5 Å². The summed E-state index contributed by atoms with van der Waals surface area (Å²) in [5.41, 5.74) is 3.22. The van der Waals surface area contributed by atoms with Crippen LogP contribution in [0.1, 0.15) is 29.8 Å². The molecule has 1 atom stereocenters. The fourth-order valence-electron chi connectivity index (χ4n) is 3.01. The molecule has 0 heterocycles. The Labute approximate surface area is 212 Å². The number of nitro benzene ring substituents is 1. The number of ether oxygens (including phenoxy) is 4. The Hall–Kier alpha value is -4.93. The topological polar surface area (TPSA) is 139 Å². The van der Waals surface area contributed by atoms with E-state index in [1.807, 2.05) is 0 Å². The molecule has 3 aromatic rings. The molecule has 37 heavy (non-hydrogen) atoms. The van der Waals surface area contributed by atoms with E-state index in [4.69, 9.17) is 18.9 Å². The highest BCUT2D eigenvalue weighted by molar-refractivity contribution is 5.92. The van der Waals surface area contributed by atoms with Gasteiger partial charge in [0.25, 0.3) is 11.6 Å². The molecule has 1 unspecified atom stereocenters. The zero-order valence-corrected chi connectivity index (χ0v) is 20.4. The van der Waals surface area contributed by atoms with Crippen LogP contribution in [0.25, 0.3) is 0 Å². The molecule has 0 radical (unpaired) electrons. The highest BCUT2D eigenvalue weighted by Gasteiger charge is 2.16. The minimum Gasteiger partial charge on any atom is -0.497 e. The molecule has 3 aromatic carbocycles. The molecular formula is C26H25N3O8. The van der Waals surface area contributed by atoms with Crippen molar-refractivity contribution in [3.8, 4) is 23.0 Å². The summed E-state index contributed by atoms with van der Waals surface area (Å²) in [5, 5.41) is 14.7. The number of carbonyl (C=O) groups is 2. The molecule has 0 aliphatic rings. The van der Waals surface area contributed by atoms with Crippen LogP contribution in [0.3, 0.4) is 0 Å². The molecule has 0 saturated heterocycles. The van der Waals surface area contributed by atoms with Gasteiger partial charge >= 0.3 is 5.97 Å². The SMILES string of the molecule is CCOc1cc(/C=N/NC(=O)C(C)Oc2ccc([N+](=O)[O-])cc2)ccc1OC(=O)c1ccc(OC)cc1. The zero-order chi connectivity index (χ0) is 26.8. The molecule has 0 saturated carbocycles. The van der Waals surface area contributed by atoms with Gasteiger partial charge in [-0.25, -0.2) is 10.2 Å². The lowest BCUT2D eigenvalue weighted by Crippen LogP contribution is -2.33. The first-order chi connectivity index (χ1) is 17.8. The van der Waals surface area contributed by atoms with Gasteiger partial charge in [0.15, 0.2) is 17.6 Å². The molecule has 3 rings (SSSR count). The number of amides is 1. The first kappa shape index (κ1) is 26.7. The van der Waals surface area contributed by atoms with Crippen molar-refractivity contribution in [1.82, 2.24) is 5.43 Å². The van der Waals surface area contributed by atoms with Crippen molar-refractivity contribution in [3.63, 3.8) is 0 Å². The smallest absolute Gasteiger partial charge is 0.343 e. The van der Waals surface area contributed by atoms with E-state index in [9.17, 15) is 19.7 Å². The van der Waals surface area contributed by atoms with Crippen molar-refractivity contribution in [3.05, 3.63) is 88.0 Å². The Morgan fingerprint density at radius 2 is 1.70 bits per heavy atom. The molecule has 11 heteroatoms. The normalized spacial score (nSPS) is 11.4. The van der Waals surface area contributed by atoms with E-state index in [1.165, 1.54) is 44.5 Å². The zero-order valence-electron chi connectivity index (χ0n) is 20.4. The van der Waals surface area contributed by atoms with E-state index in [1.54, 1.807) is 49.4 Å². The van der Waals surface area contributed by atoms with Gasteiger partial charge in [0.2, 0.25) is 0 Å². The second-order valence-corrected chi connectivity index (χ2v) is 7.50. The minimum atomic E-state index is -0.905. The van der Waals surface area contributed by atoms with Crippen LogP contribution in [0.5, 0.6) is 23.0 Å². The van der Waals surface area contributed by atoms with Gasteiger partial charge < -0.3 is 18.9 Å². The quantitative estimate of drug-likeness (QED) is 0.134. The van der Waals surface area contributed by atoms with E-state index in [-0.39, 0.29) is 11.4 Å². The number of nitro groups is 1. The summed E-state index contributed by atoms with van der Waals surface area (Å²) in [4.78, 5) is 35.0. The van der Waals surface area contributed by atoms with Crippen LogP contribution >= 0.6 is 0 Å². The number of hydrazone groups is 1. The van der Waals surface area contributed by atoms with Gasteiger partial charge in [-0.3, -0.25) is 14.9 Å². The highest BCUT2D eigenvalue weighted by Crippen LogP contribution is 2.29. The first-order valence-corrected chi connectivity index (χ1v) is 11.2. The van der Waals surface area contributed by atoms with Gasteiger partial charge in [0, 0.05) is 12.1 Å². The van der Waals surface area contributed by atoms with Crippen LogP contribution in [0, 0.1) is 10.1 Å². The van der Waals surface area contributed by atoms with Gasteiger partial charge in [-0.05, 0) is 74.0 Å². The predicted molar refractivity (Wildman–Crippen MR) is 134 cm³/mol. The van der Waals surface area contributed by atoms with Crippen molar-refractivity contribution in [1.29, 1.82) is 0 Å². The average Bonchev–Trinajstić information content (AvgIpc) is 2.90. The first-order valence-electron chi connectivity index (χ1n) is 11.2. The van der Waals surface area contributed by atoms with Gasteiger partial charge in [0.1, 0.15) is 11.5 Å². The molecule has 11 nitrogen and oxygen atoms in total. The van der Waals surface area contributed by atoms with Crippen LogP contribution in [0.15, 0.2) is 71.8 Å². The van der Waals surface area contributed by atoms with Crippen molar-refractivity contribution in [2.75, 3.05) is 13.7 Å². The summed E-state index contributed by atoms with van der Waals surface area (Å²) < 4.78 is 21.7. The molecule has 1 amide bonds. The molecule has 1 N–H and O–H groups in total. The maximum absolute atomic E-state index is 12.5. The largest absolute Gasteiger partial charge is 0.497 e. The Bertz CT molecular complexity index is 1270. The monoisotopic (exact) mass is 507 g/mol. The number of methoxy groups -OCH3 is 1. The second-order valence-electron chi connectivity index (χ2n) is 7.50. The number of hydrogen-bond acceptors (Lipinski definition) is 9. The molecule has 0 fully saturated rings. The van der Waals surface area contributed by atoms with E-state index in [0.29, 0.717) is 35.0 Å².